The summed E-state index contributed by atoms with van der Waals surface area (Å²) in [5.74, 6) is -2.45. The van der Waals surface area contributed by atoms with Crippen LogP contribution in [0, 0.1) is 5.82 Å². The van der Waals surface area contributed by atoms with Crippen LogP contribution >= 0.6 is 11.8 Å². The third-order valence-electron chi connectivity index (χ3n) is 3.12. The second-order valence-corrected chi connectivity index (χ2v) is 8.37. The minimum absolute atomic E-state index is 0.269. The second-order valence-electron chi connectivity index (χ2n) is 5.88. The normalized spacial score (nSPS) is 17.0. The Morgan fingerprint density at radius 1 is 1.26 bits per heavy atom. The number of sulfonamides is 1. The van der Waals surface area contributed by atoms with Gasteiger partial charge in [-0.2, -0.15) is 18.8 Å². The number of benzene rings is 1. The molecule has 0 saturated heterocycles. The quantitative estimate of drug-likeness (QED) is 0.748. The molecule has 0 aliphatic carbocycles. The average molecular weight is 355 g/mol. The summed E-state index contributed by atoms with van der Waals surface area (Å²) < 4.78 is 42.1. The van der Waals surface area contributed by atoms with Gasteiger partial charge in [-0.1, -0.05) is 38.6 Å². The molecule has 1 aromatic rings. The fraction of sp³-hybridized carbons (Fsp3) is 0.267. The molecule has 5 nitrogen and oxygen atoms in total. The molecule has 0 spiro atoms. The Bertz CT molecular complexity index is 830. The molecule has 124 valence electrons. The predicted octanol–water partition coefficient (Wildman–Crippen LogP) is 1.40. The number of nitrogens with zero attached hydrogens (tertiary/aromatic N) is 1. The topological polar surface area (TPSA) is 92.6 Å². The third kappa shape index (κ3) is 3.76. The summed E-state index contributed by atoms with van der Waals surface area (Å²) in [6.45, 7) is 5.62. The van der Waals surface area contributed by atoms with Crippen molar-refractivity contribution in [1.29, 1.82) is 0 Å². The number of thioether (sulfide) groups is 1. The van der Waals surface area contributed by atoms with Crippen molar-refractivity contribution in [2.24, 2.45) is 4.40 Å². The van der Waals surface area contributed by atoms with E-state index in [1.54, 1.807) is 0 Å². The van der Waals surface area contributed by atoms with E-state index in [1.165, 1.54) is 17.6 Å². The minimum Gasteiger partial charge on any atom is -0.883 e. The Morgan fingerprint density at radius 3 is 2.43 bits per heavy atom. The summed E-state index contributed by atoms with van der Waals surface area (Å²) in [4.78, 5) is -0.915. The Labute approximate surface area is 138 Å². The first-order valence-electron chi connectivity index (χ1n) is 6.59. The maximum atomic E-state index is 14.2. The largest absolute Gasteiger partial charge is 0.883 e. The summed E-state index contributed by atoms with van der Waals surface area (Å²) in [5.41, 5.74) is 0.0321. The van der Waals surface area contributed by atoms with E-state index >= 15 is 0 Å². The van der Waals surface area contributed by atoms with E-state index in [4.69, 9.17) is 0 Å². The van der Waals surface area contributed by atoms with E-state index in [1.807, 2.05) is 20.8 Å². The van der Waals surface area contributed by atoms with E-state index in [2.05, 4.69) is 4.40 Å². The summed E-state index contributed by atoms with van der Waals surface area (Å²) in [6, 6.07) is 3.80. The SMILES string of the molecule is CC(C)(C)c1ccc(S(=O)(=O)/N=C2\C=CSC2=C([O-])[O-])c(F)c1. The van der Waals surface area contributed by atoms with E-state index in [9.17, 15) is 23.0 Å². The van der Waals surface area contributed by atoms with Gasteiger partial charge in [0.15, 0.2) is 0 Å². The minimum atomic E-state index is -4.37. The van der Waals surface area contributed by atoms with Gasteiger partial charge in [0, 0.05) is 4.91 Å². The number of hydrogen-bond acceptors (Lipinski definition) is 5. The first kappa shape index (κ1) is 17.6. The summed E-state index contributed by atoms with van der Waals surface area (Å²) in [5, 5.41) is 23.2. The first-order valence-corrected chi connectivity index (χ1v) is 8.91. The molecule has 1 heterocycles. The van der Waals surface area contributed by atoms with Gasteiger partial charge in [-0.25, -0.2) is 4.39 Å². The lowest BCUT2D eigenvalue weighted by molar-refractivity contribution is -0.513. The Kier molecular flexibility index (Phi) is 4.59. The van der Waals surface area contributed by atoms with E-state index in [-0.39, 0.29) is 16.0 Å². The summed E-state index contributed by atoms with van der Waals surface area (Å²) in [7, 11) is -4.37. The molecule has 0 aromatic heterocycles. The van der Waals surface area contributed by atoms with Crippen LogP contribution < -0.4 is 10.2 Å². The molecule has 23 heavy (non-hydrogen) atoms. The molecule has 0 saturated carbocycles. The van der Waals surface area contributed by atoms with Crippen molar-refractivity contribution in [3.63, 3.8) is 0 Å². The van der Waals surface area contributed by atoms with Crippen LogP contribution in [0.1, 0.15) is 26.3 Å². The maximum Gasteiger partial charge on any atom is 0.285 e. The highest BCUT2D eigenvalue weighted by atomic mass is 32.2. The molecule has 8 heteroatoms. The standard InChI is InChI=1S/C15H16FNO4S2/c1-15(2,3)9-4-5-12(10(16)8-9)23(20,21)17-11-6-7-22-13(11)14(18)19/h4-8,18-19H,1-3H3/p-2/b17-11+. The van der Waals surface area contributed by atoms with Crippen LogP contribution in [-0.4, -0.2) is 14.1 Å². The van der Waals surface area contributed by atoms with Crippen molar-refractivity contribution in [1.82, 2.24) is 0 Å². The molecule has 0 amide bonds. The van der Waals surface area contributed by atoms with Crippen LogP contribution in [0.15, 0.2) is 49.8 Å². The van der Waals surface area contributed by atoms with Gasteiger partial charge in [-0.3, -0.25) is 0 Å². The van der Waals surface area contributed by atoms with Crippen molar-refractivity contribution in [3.05, 3.63) is 51.9 Å². The first-order chi connectivity index (χ1) is 10.5. The van der Waals surface area contributed by atoms with Gasteiger partial charge in [0.2, 0.25) is 0 Å². The molecule has 2 rings (SSSR count). The van der Waals surface area contributed by atoms with Gasteiger partial charge in [0.1, 0.15) is 10.7 Å². The van der Waals surface area contributed by atoms with Crippen LogP contribution in [0.3, 0.4) is 0 Å². The fourth-order valence-electron chi connectivity index (χ4n) is 1.88. The highest BCUT2D eigenvalue weighted by molar-refractivity contribution is 8.07. The van der Waals surface area contributed by atoms with Crippen molar-refractivity contribution in [2.75, 3.05) is 0 Å². The van der Waals surface area contributed by atoms with Gasteiger partial charge in [0.05, 0.1) is 5.71 Å². The molecular formula is C15H14FNO4S2-2. The zero-order valence-corrected chi connectivity index (χ0v) is 14.3. The molecule has 0 unspecified atom stereocenters. The molecule has 1 aromatic carbocycles. The highest BCUT2D eigenvalue weighted by Crippen LogP contribution is 2.30. The van der Waals surface area contributed by atoms with E-state index < -0.39 is 26.7 Å². The van der Waals surface area contributed by atoms with Crippen LogP contribution in [-0.2, 0) is 15.4 Å². The Hall–Kier alpha value is -1.80. The van der Waals surface area contributed by atoms with E-state index in [0.29, 0.717) is 5.56 Å². The van der Waals surface area contributed by atoms with E-state index in [0.717, 1.165) is 23.9 Å². The Balaban J connectivity index is 2.50. The number of allylic oxidation sites excluding steroid dienone is 2. The molecular weight excluding hydrogens is 341 g/mol. The van der Waals surface area contributed by atoms with Crippen LogP contribution in [0.4, 0.5) is 4.39 Å². The predicted molar refractivity (Wildman–Crippen MR) is 83.5 cm³/mol. The zero-order valence-electron chi connectivity index (χ0n) is 12.7. The van der Waals surface area contributed by atoms with Crippen molar-refractivity contribution in [3.8, 4) is 0 Å². The highest BCUT2D eigenvalue weighted by Gasteiger charge is 2.23. The molecule has 1 aliphatic rings. The van der Waals surface area contributed by atoms with Crippen molar-refractivity contribution >= 4 is 27.5 Å². The molecule has 0 N–H and O–H groups in total. The molecule has 1 aliphatic heterocycles. The summed E-state index contributed by atoms with van der Waals surface area (Å²) >= 11 is 0.790. The van der Waals surface area contributed by atoms with Crippen molar-refractivity contribution in [2.45, 2.75) is 31.1 Å². The van der Waals surface area contributed by atoms with Crippen LogP contribution in [0.5, 0.6) is 0 Å². The van der Waals surface area contributed by atoms with Crippen LogP contribution in [0.2, 0.25) is 0 Å². The molecule has 0 radical (unpaired) electrons. The lowest BCUT2D eigenvalue weighted by atomic mass is 9.87. The maximum absolute atomic E-state index is 14.2. The molecule has 0 fully saturated rings. The lowest BCUT2D eigenvalue weighted by Crippen LogP contribution is -2.22. The van der Waals surface area contributed by atoms with Gasteiger partial charge in [-0.15, -0.1) is 0 Å². The molecule has 0 atom stereocenters. The zero-order chi connectivity index (χ0) is 17.4. The monoisotopic (exact) mass is 355 g/mol. The van der Waals surface area contributed by atoms with Gasteiger partial charge in [0.25, 0.3) is 10.0 Å². The number of halogens is 1. The lowest BCUT2D eigenvalue weighted by Gasteiger charge is -2.21. The molecule has 0 bridgehead atoms. The van der Waals surface area contributed by atoms with Gasteiger partial charge in [-0.05, 0) is 34.6 Å². The second kappa shape index (κ2) is 6.01. The average Bonchev–Trinajstić information content (AvgIpc) is 2.84. The number of hydrogen-bond donors (Lipinski definition) is 0. The smallest absolute Gasteiger partial charge is 0.285 e. The summed E-state index contributed by atoms with van der Waals surface area (Å²) in [6.07, 6.45) is 1.23. The van der Waals surface area contributed by atoms with Crippen LogP contribution in [0.25, 0.3) is 0 Å². The third-order valence-corrected chi connectivity index (χ3v) is 5.33. The van der Waals surface area contributed by atoms with Gasteiger partial charge < -0.3 is 10.2 Å². The van der Waals surface area contributed by atoms with Gasteiger partial charge >= 0.3 is 0 Å². The number of rotatable bonds is 2. The fourth-order valence-corrected chi connectivity index (χ4v) is 3.66. The Morgan fingerprint density at radius 2 is 1.91 bits per heavy atom. The van der Waals surface area contributed by atoms with Crippen molar-refractivity contribution < 1.29 is 23.0 Å².